The smallest absolute Gasteiger partial charge is 0.317 e. The lowest BCUT2D eigenvalue weighted by Gasteiger charge is -2.29. The summed E-state index contributed by atoms with van der Waals surface area (Å²) in [5, 5.41) is 11.3. The summed E-state index contributed by atoms with van der Waals surface area (Å²) in [5.74, 6) is -0.382. The second-order valence-corrected chi connectivity index (χ2v) is 5.45. The third kappa shape index (κ3) is 4.61. The quantitative estimate of drug-likeness (QED) is 0.722. The Kier molecular flexibility index (Phi) is 6.00. The van der Waals surface area contributed by atoms with Crippen LogP contribution >= 0.6 is 0 Å². The molecule has 0 aromatic heterocycles. The normalized spacial score (nSPS) is 13.0. The van der Waals surface area contributed by atoms with E-state index >= 15 is 0 Å². The Bertz CT molecular complexity index is 619. The highest BCUT2D eigenvalue weighted by atomic mass is 16.5. The number of anilines is 1. The first kappa shape index (κ1) is 17.6. The Morgan fingerprint density at radius 3 is 2.88 bits per heavy atom. The second kappa shape index (κ2) is 8.19. The van der Waals surface area contributed by atoms with Crippen LogP contribution in [0, 0.1) is 0 Å². The van der Waals surface area contributed by atoms with Crippen molar-refractivity contribution in [1.82, 2.24) is 10.2 Å². The number of carboxylic acids is 1. The molecule has 0 atom stereocenters. The van der Waals surface area contributed by atoms with Gasteiger partial charge in [0.1, 0.15) is 5.75 Å². The number of ether oxygens (including phenoxy) is 1. The van der Waals surface area contributed by atoms with Gasteiger partial charge in [-0.3, -0.25) is 9.59 Å². The van der Waals surface area contributed by atoms with Crippen molar-refractivity contribution in [3.63, 3.8) is 0 Å². The molecule has 0 radical (unpaired) electrons. The van der Waals surface area contributed by atoms with Crippen molar-refractivity contribution < 1.29 is 24.2 Å². The average molecular weight is 335 g/mol. The summed E-state index contributed by atoms with van der Waals surface area (Å²) in [4.78, 5) is 37.2. The summed E-state index contributed by atoms with van der Waals surface area (Å²) >= 11 is 0. The van der Waals surface area contributed by atoms with Crippen molar-refractivity contribution in [2.45, 2.75) is 12.8 Å². The molecule has 0 saturated heterocycles. The van der Waals surface area contributed by atoms with Gasteiger partial charge in [0, 0.05) is 26.7 Å². The number of benzene rings is 1. The summed E-state index contributed by atoms with van der Waals surface area (Å²) in [6, 6.07) is 7.00. The summed E-state index contributed by atoms with van der Waals surface area (Å²) in [6.07, 6.45) is 0.488. The van der Waals surface area contributed by atoms with Gasteiger partial charge in [-0.05, 0) is 18.6 Å². The van der Waals surface area contributed by atoms with Gasteiger partial charge in [0.05, 0.1) is 12.1 Å². The molecule has 1 heterocycles. The van der Waals surface area contributed by atoms with E-state index in [1.54, 1.807) is 11.9 Å². The maximum atomic E-state index is 12.0. The van der Waals surface area contributed by atoms with Crippen LogP contribution in [0.3, 0.4) is 0 Å². The number of carbonyl (C=O) groups excluding carboxylic acids is 2. The van der Waals surface area contributed by atoms with Crippen molar-refractivity contribution in [2.24, 2.45) is 0 Å². The van der Waals surface area contributed by atoms with Crippen LogP contribution < -0.4 is 15.0 Å². The zero-order valence-electron chi connectivity index (χ0n) is 13.5. The molecule has 0 aliphatic carbocycles. The molecule has 1 aromatic carbocycles. The van der Waals surface area contributed by atoms with Gasteiger partial charge in [-0.1, -0.05) is 12.1 Å². The molecule has 2 rings (SSSR count). The Hall–Kier alpha value is -2.77. The molecular formula is C16H21N3O5. The van der Waals surface area contributed by atoms with Crippen molar-refractivity contribution in [3.05, 3.63) is 24.3 Å². The van der Waals surface area contributed by atoms with Crippen LogP contribution in [0.5, 0.6) is 5.75 Å². The molecule has 2 N–H and O–H groups in total. The van der Waals surface area contributed by atoms with Gasteiger partial charge in [0.2, 0.25) is 0 Å². The lowest BCUT2D eigenvalue weighted by Crippen LogP contribution is -2.42. The first-order valence-electron chi connectivity index (χ1n) is 7.72. The highest BCUT2D eigenvalue weighted by molar-refractivity contribution is 5.97. The van der Waals surface area contributed by atoms with E-state index in [0.717, 1.165) is 5.69 Å². The zero-order chi connectivity index (χ0) is 17.5. The molecule has 0 unspecified atom stereocenters. The number of nitrogens with zero attached hydrogens (tertiary/aromatic N) is 2. The minimum absolute atomic E-state index is 0.0152. The number of nitrogens with one attached hydrogen (secondary N) is 1. The largest absolute Gasteiger partial charge is 0.482 e. The number of para-hydroxylation sites is 2. The van der Waals surface area contributed by atoms with Gasteiger partial charge in [-0.15, -0.1) is 0 Å². The van der Waals surface area contributed by atoms with E-state index in [9.17, 15) is 14.4 Å². The predicted molar refractivity (Wildman–Crippen MR) is 87.2 cm³/mol. The fraction of sp³-hybridized carbons (Fsp3) is 0.438. The summed E-state index contributed by atoms with van der Waals surface area (Å²) in [7, 11) is 1.54. The first-order chi connectivity index (χ1) is 11.5. The Labute approximate surface area is 140 Å². The Balaban J connectivity index is 1.77. The lowest BCUT2D eigenvalue weighted by molar-refractivity contribution is -0.137. The topological polar surface area (TPSA) is 99.2 Å². The number of fused-ring (bicyclic) bond motifs is 1. The number of aliphatic carboxylic acids is 1. The number of amides is 3. The first-order valence-corrected chi connectivity index (χ1v) is 7.72. The van der Waals surface area contributed by atoms with Gasteiger partial charge >= 0.3 is 12.0 Å². The Morgan fingerprint density at radius 2 is 2.12 bits per heavy atom. The number of urea groups is 1. The SMILES string of the molecule is CN(CCC(=O)O)C(=O)NCCCN1C(=O)COc2ccccc21. The number of carbonyl (C=O) groups is 3. The molecule has 0 fully saturated rings. The van der Waals surface area contributed by atoms with Crippen molar-refractivity contribution in [2.75, 3.05) is 38.2 Å². The van der Waals surface area contributed by atoms with Crippen molar-refractivity contribution in [1.29, 1.82) is 0 Å². The number of hydrogen-bond donors (Lipinski definition) is 2. The highest BCUT2D eigenvalue weighted by Gasteiger charge is 2.24. The maximum absolute atomic E-state index is 12.0. The van der Waals surface area contributed by atoms with E-state index in [-0.39, 0.29) is 31.5 Å². The number of rotatable bonds is 7. The molecule has 8 heteroatoms. The molecule has 1 aromatic rings. The number of hydrogen-bond acceptors (Lipinski definition) is 4. The third-order valence-electron chi connectivity index (χ3n) is 3.65. The molecule has 130 valence electrons. The van der Waals surface area contributed by atoms with E-state index in [1.165, 1.54) is 4.90 Å². The van der Waals surface area contributed by atoms with Gasteiger partial charge in [0.15, 0.2) is 6.61 Å². The van der Waals surface area contributed by atoms with Crippen LogP contribution in [0.4, 0.5) is 10.5 Å². The summed E-state index contributed by atoms with van der Waals surface area (Å²) in [6.45, 7) is 1.03. The van der Waals surface area contributed by atoms with Crippen LogP contribution in [0.2, 0.25) is 0 Å². The summed E-state index contributed by atoms with van der Waals surface area (Å²) < 4.78 is 5.37. The molecule has 24 heavy (non-hydrogen) atoms. The van der Waals surface area contributed by atoms with Crippen molar-refractivity contribution in [3.8, 4) is 5.75 Å². The van der Waals surface area contributed by atoms with E-state index in [4.69, 9.17) is 9.84 Å². The van der Waals surface area contributed by atoms with Crippen molar-refractivity contribution >= 4 is 23.6 Å². The molecule has 1 aliphatic rings. The minimum Gasteiger partial charge on any atom is -0.482 e. The van der Waals surface area contributed by atoms with Gasteiger partial charge < -0.3 is 25.0 Å². The number of carboxylic acid groups (broad SMARTS) is 1. The van der Waals surface area contributed by atoms with Crippen LogP contribution in [0.1, 0.15) is 12.8 Å². The van der Waals surface area contributed by atoms with E-state index in [0.29, 0.717) is 25.3 Å². The fourth-order valence-corrected chi connectivity index (χ4v) is 2.33. The predicted octanol–water partition coefficient (Wildman–Crippen LogP) is 0.918. The van der Waals surface area contributed by atoms with Crippen LogP contribution in [-0.2, 0) is 9.59 Å². The fourth-order valence-electron chi connectivity index (χ4n) is 2.33. The van der Waals surface area contributed by atoms with Crippen LogP contribution in [-0.4, -0.2) is 61.2 Å². The summed E-state index contributed by atoms with van der Waals surface area (Å²) in [5.41, 5.74) is 0.735. The lowest BCUT2D eigenvalue weighted by atomic mass is 10.2. The van der Waals surface area contributed by atoms with Gasteiger partial charge in [-0.2, -0.15) is 0 Å². The molecule has 0 bridgehead atoms. The Morgan fingerprint density at radius 1 is 1.38 bits per heavy atom. The van der Waals surface area contributed by atoms with Gasteiger partial charge in [-0.25, -0.2) is 4.79 Å². The second-order valence-electron chi connectivity index (χ2n) is 5.45. The standard InChI is InChI=1S/C16H21N3O5/c1-18(10-7-15(21)22)16(23)17-8-4-9-19-12-5-2-3-6-13(12)24-11-14(19)20/h2-3,5-6H,4,7-11H2,1H3,(H,17,23)(H,21,22). The zero-order valence-corrected chi connectivity index (χ0v) is 13.5. The average Bonchev–Trinajstić information content (AvgIpc) is 2.57. The minimum atomic E-state index is -0.945. The van der Waals surface area contributed by atoms with E-state index in [1.807, 2.05) is 24.3 Å². The van der Waals surface area contributed by atoms with E-state index in [2.05, 4.69) is 5.32 Å². The van der Waals surface area contributed by atoms with Crippen LogP contribution in [0.25, 0.3) is 0 Å². The highest BCUT2D eigenvalue weighted by Crippen LogP contribution is 2.31. The monoisotopic (exact) mass is 335 g/mol. The molecule has 0 spiro atoms. The molecule has 3 amide bonds. The third-order valence-corrected chi connectivity index (χ3v) is 3.65. The van der Waals surface area contributed by atoms with Crippen LogP contribution in [0.15, 0.2) is 24.3 Å². The van der Waals surface area contributed by atoms with Gasteiger partial charge in [0.25, 0.3) is 5.91 Å². The molecule has 8 nitrogen and oxygen atoms in total. The molecule has 1 aliphatic heterocycles. The maximum Gasteiger partial charge on any atom is 0.317 e. The molecule has 0 saturated carbocycles. The van der Waals surface area contributed by atoms with E-state index < -0.39 is 5.97 Å². The molecular weight excluding hydrogens is 314 g/mol.